The minimum absolute atomic E-state index is 0. The minimum atomic E-state index is 0. The van der Waals surface area contributed by atoms with E-state index in [4.69, 9.17) is 5.11 Å². The summed E-state index contributed by atoms with van der Waals surface area (Å²) in [6.07, 6.45) is 10.0. The Hall–Kier alpha value is 0.323. The summed E-state index contributed by atoms with van der Waals surface area (Å²) in [5, 5.41) is 7.57. The molecule has 0 saturated carbocycles. The van der Waals surface area contributed by atoms with Crippen LogP contribution in [0.15, 0.2) is 18.2 Å². The summed E-state index contributed by atoms with van der Waals surface area (Å²) in [4.78, 5) is 0. The molecular formula is C8H14OZr. The number of hydrogen-bond acceptors (Lipinski definition) is 1. The van der Waals surface area contributed by atoms with Gasteiger partial charge in [-0.25, -0.2) is 12.2 Å². The molecule has 0 radical (unpaired) electrons. The number of aliphatic hydroxyl groups excluding tert-OH is 1. The molecule has 1 rings (SSSR count). The molecule has 1 aliphatic rings. The van der Waals surface area contributed by atoms with E-state index < -0.39 is 0 Å². The van der Waals surface area contributed by atoms with Gasteiger partial charge >= 0.3 is 26.2 Å². The number of hydrogen-bond donors (Lipinski definition) is 1. The third-order valence-electron chi connectivity index (χ3n) is 0.586. The molecule has 0 amide bonds. The van der Waals surface area contributed by atoms with Gasteiger partial charge in [0, 0.05) is 6.61 Å². The molecule has 0 aromatic heterocycles. The van der Waals surface area contributed by atoms with Gasteiger partial charge in [0.2, 0.25) is 0 Å². The third-order valence-corrected chi connectivity index (χ3v) is 0.586. The van der Waals surface area contributed by atoms with Crippen molar-refractivity contribution in [2.45, 2.75) is 13.3 Å². The number of allylic oxidation sites excluding steroid dienone is 4. The van der Waals surface area contributed by atoms with Crippen LogP contribution in [0.5, 0.6) is 0 Å². The molecule has 2 heteroatoms. The Labute approximate surface area is 83.0 Å². The monoisotopic (exact) mass is 216 g/mol. The number of rotatable bonds is 0. The average Bonchev–Trinajstić information content (AvgIpc) is 2.17. The van der Waals surface area contributed by atoms with Gasteiger partial charge in [-0.2, -0.15) is 6.08 Å². The number of aliphatic hydroxyl groups is 1. The maximum Gasteiger partial charge on any atom is 2.00 e. The van der Waals surface area contributed by atoms with Gasteiger partial charge in [0.05, 0.1) is 0 Å². The zero-order valence-electron chi connectivity index (χ0n) is 6.59. The summed E-state index contributed by atoms with van der Waals surface area (Å²) in [5.74, 6) is 0. The van der Waals surface area contributed by atoms with Crippen molar-refractivity contribution in [3.63, 3.8) is 0 Å². The summed E-state index contributed by atoms with van der Waals surface area (Å²) in [6, 6.07) is 0. The van der Waals surface area contributed by atoms with E-state index in [1.165, 1.54) is 0 Å². The van der Waals surface area contributed by atoms with E-state index in [0.29, 0.717) is 0 Å². The Morgan fingerprint density at radius 3 is 2.20 bits per heavy atom. The fourth-order valence-corrected chi connectivity index (χ4v) is 0.340. The van der Waals surface area contributed by atoms with E-state index in [2.05, 4.69) is 12.2 Å². The Kier molecular flexibility index (Phi) is 27.0. The van der Waals surface area contributed by atoms with E-state index in [9.17, 15) is 0 Å². The van der Waals surface area contributed by atoms with Crippen LogP contribution in [0.3, 0.4) is 0 Å². The van der Waals surface area contributed by atoms with Crippen LogP contribution >= 0.6 is 0 Å². The van der Waals surface area contributed by atoms with Crippen molar-refractivity contribution >= 4 is 0 Å². The molecule has 0 atom stereocenters. The van der Waals surface area contributed by atoms with Gasteiger partial charge in [0.25, 0.3) is 0 Å². The maximum absolute atomic E-state index is 7.57. The van der Waals surface area contributed by atoms with Crippen molar-refractivity contribution < 1.29 is 31.3 Å². The first-order chi connectivity index (χ1) is 3.91. The van der Waals surface area contributed by atoms with E-state index in [1.54, 1.807) is 6.92 Å². The Balaban J connectivity index is -0.0000000900. The second kappa shape index (κ2) is 16.2. The van der Waals surface area contributed by atoms with Crippen LogP contribution in [-0.4, -0.2) is 11.7 Å². The van der Waals surface area contributed by atoms with Gasteiger partial charge in [-0.05, 0) is 6.92 Å². The van der Waals surface area contributed by atoms with Gasteiger partial charge < -0.3 is 12.5 Å². The summed E-state index contributed by atoms with van der Waals surface area (Å²) in [6.45, 7) is 1.93. The van der Waals surface area contributed by atoms with E-state index in [1.807, 2.05) is 12.2 Å². The van der Waals surface area contributed by atoms with Gasteiger partial charge in [-0.3, -0.25) is 6.08 Å². The standard InChI is InChI=1S/C5H5.C2H6O.CH3.Zr/c1-2-4-5-3-1;1-2-3;;/h1-3H,4H2;3H,2H2,1H3;1H3;/q-1;;-1;+2. The van der Waals surface area contributed by atoms with Crippen LogP contribution in [0.25, 0.3) is 0 Å². The fraction of sp³-hybridized carbons (Fsp3) is 0.375. The van der Waals surface area contributed by atoms with Crippen molar-refractivity contribution in [2.75, 3.05) is 6.61 Å². The van der Waals surface area contributed by atoms with Crippen LogP contribution in [0.4, 0.5) is 0 Å². The molecule has 1 aliphatic carbocycles. The smallest absolute Gasteiger partial charge is 0.397 e. The molecule has 10 heavy (non-hydrogen) atoms. The van der Waals surface area contributed by atoms with Gasteiger partial charge in [-0.15, -0.1) is 6.42 Å². The zero-order chi connectivity index (χ0) is 6.24. The molecule has 1 N–H and O–H groups in total. The fourth-order valence-electron chi connectivity index (χ4n) is 0.340. The molecule has 0 fully saturated rings. The molecule has 0 aromatic carbocycles. The van der Waals surface area contributed by atoms with E-state index in [-0.39, 0.29) is 40.2 Å². The van der Waals surface area contributed by atoms with Gasteiger partial charge in [-0.1, -0.05) is 0 Å². The van der Waals surface area contributed by atoms with Crippen LogP contribution < -0.4 is 0 Å². The van der Waals surface area contributed by atoms with Crippen LogP contribution in [0.1, 0.15) is 13.3 Å². The second-order valence-electron chi connectivity index (χ2n) is 1.32. The topological polar surface area (TPSA) is 20.2 Å². The van der Waals surface area contributed by atoms with Crippen LogP contribution in [0.2, 0.25) is 0 Å². The predicted molar refractivity (Wildman–Crippen MR) is 40.7 cm³/mol. The van der Waals surface area contributed by atoms with Crippen molar-refractivity contribution in [3.8, 4) is 0 Å². The third kappa shape index (κ3) is 15.8. The maximum atomic E-state index is 7.57. The van der Waals surface area contributed by atoms with Gasteiger partial charge in [0.1, 0.15) is 0 Å². The Morgan fingerprint density at radius 2 is 2.10 bits per heavy atom. The molecule has 0 bridgehead atoms. The minimum Gasteiger partial charge on any atom is -0.397 e. The summed E-state index contributed by atoms with van der Waals surface area (Å²) < 4.78 is 0. The van der Waals surface area contributed by atoms with E-state index >= 15 is 0 Å². The first-order valence-electron chi connectivity index (χ1n) is 2.74. The van der Waals surface area contributed by atoms with Crippen molar-refractivity contribution in [1.29, 1.82) is 0 Å². The molecule has 0 unspecified atom stereocenters. The van der Waals surface area contributed by atoms with Crippen LogP contribution in [-0.2, 0) is 26.2 Å². The van der Waals surface area contributed by atoms with E-state index in [0.717, 1.165) is 6.42 Å². The predicted octanol–water partition coefficient (Wildman–Crippen LogP) is 1.75. The summed E-state index contributed by atoms with van der Waals surface area (Å²) in [7, 11) is 0. The largest absolute Gasteiger partial charge is 2.00 e. The SMILES string of the molecule is CCO.[C-]1=CC=CC1.[CH3-].[Zr+2]. The molecule has 0 saturated heterocycles. The first-order valence-corrected chi connectivity index (χ1v) is 2.74. The molecule has 56 valence electrons. The molecule has 0 aliphatic heterocycles. The Bertz CT molecular complexity index is 77.3. The molecule has 0 aromatic rings. The Morgan fingerprint density at radius 1 is 1.60 bits per heavy atom. The molecule has 0 heterocycles. The molecule has 1 nitrogen and oxygen atoms in total. The van der Waals surface area contributed by atoms with Gasteiger partial charge in [0.15, 0.2) is 0 Å². The molecular weight excluding hydrogens is 203 g/mol. The zero-order valence-corrected chi connectivity index (χ0v) is 9.05. The van der Waals surface area contributed by atoms with Crippen LogP contribution in [0, 0.1) is 13.5 Å². The second-order valence-corrected chi connectivity index (χ2v) is 1.32. The quantitative estimate of drug-likeness (QED) is 0.613. The van der Waals surface area contributed by atoms with Crippen molar-refractivity contribution in [1.82, 2.24) is 0 Å². The summed E-state index contributed by atoms with van der Waals surface area (Å²) >= 11 is 0. The summed E-state index contributed by atoms with van der Waals surface area (Å²) in [5.41, 5.74) is 0. The first kappa shape index (κ1) is 16.7. The normalized spacial score (nSPS) is 10.6. The van der Waals surface area contributed by atoms with Crippen molar-refractivity contribution in [2.24, 2.45) is 0 Å². The average molecular weight is 217 g/mol. The molecule has 0 spiro atoms. The van der Waals surface area contributed by atoms with Crippen molar-refractivity contribution in [3.05, 3.63) is 31.7 Å².